The third kappa shape index (κ3) is 3.01. The van der Waals surface area contributed by atoms with Crippen LogP contribution in [0.4, 0.5) is 0 Å². The molecule has 0 fully saturated rings. The second-order valence-electron chi connectivity index (χ2n) is 5.16. The van der Waals surface area contributed by atoms with Gasteiger partial charge in [0.1, 0.15) is 12.4 Å². The lowest BCUT2D eigenvalue weighted by atomic mass is 10.1. The fourth-order valence-corrected chi connectivity index (χ4v) is 2.41. The third-order valence-corrected chi connectivity index (χ3v) is 3.55. The molecule has 0 amide bonds. The Labute approximate surface area is 139 Å². The first-order valence-corrected chi connectivity index (χ1v) is 7.43. The molecular formula is C20H16N2O2. The molecule has 3 aromatic rings. The Morgan fingerprint density at radius 3 is 2.62 bits per heavy atom. The van der Waals surface area contributed by atoms with Crippen LogP contribution in [0.1, 0.15) is 5.56 Å². The topological polar surface area (TPSA) is 47.0 Å². The summed E-state index contributed by atoms with van der Waals surface area (Å²) in [5, 5.41) is 4.02. The number of hydrogen-bond acceptors (Lipinski definition) is 2. The van der Waals surface area contributed by atoms with Gasteiger partial charge in [0.2, 0.25) is 0 Å². The maximum absolute atomic E-state index is 12.7. The van der Waals surface area contributed by atoms with Crippen LogP contribution in [0.25, 0.3) is 18.3 Å². The van der Waals surface area contributed by atoms with Gasteiger partial charge < -0.3 is 4.74 Å². The molecule has 118 valence electrons. The first-order valence-electron chi connectivity index (χ1n) is 7.43. The van der Waals surface area contributed by atoms with Crippen LogP contribution in [0.15, 0.2) is 59.4 Å². The van der Waals surface area contributed by atoms with Gasteiger partial charge in [0, 0.05) is 5.56 Å². The van der Waals surface area contributed by atoms with Gasteiger partial charge in [-0.15, -0.1) is 6.42 Å². The number of terminal acetylenes is 1. The van der Waals surface area contributed by atoms with Crippen molar-refractivity contribution in [3.05, 3.63) is 81.1 Å². The van der Waals surface area contributed by atoms with Crippen LogP contribution >= 0.6 is 0 Å². The smallest absolute Gasteiger partial charge is 0.279 e. The lowest BCUT2D eigenvalue weighted by Gasteiger charge is -2.05. The van der Waals surface area contributed by atoms with Crippen LogP contribution in [-0.2, 0) is 0 Å². The fourth-order valence-electron chi connectivity index (χ4n) is 2.41. The average molecular weight is 316 g/mol. The summed E-state index contributed by atoms with van der Waals surface area (Å²) in [7, 11) is 0. The van der Waals surface area contributed by atoms with Gasteiger partial charge in [-0.3, -0.25) is 9.89 Å². The van der Waals surface area contributed by atoms with E-state index in [0.717, 1.165) is 11.3 Å². The van der Waals surface area contributed by atoms with Crippen molar-refractivity contribution >= 4 is 12.7 Å². The number of nitrogens with one attached hydrogen (secondary N) is 1. The highest BCUT2D eigenvalue weighted by Crippen LogP contribution is 2.18. The third-order valence-electron chi connectivity index (χ3n) is 3.55. The maximum Gasteiger partial charge on any atom is 0.279 e. The van der Waals surface area contributed by atoms with E-state index in [-0.39, 0.29) is 12.2 Å². The molecule has 0 bridgehead atoms. The zero-order valence-electron chi connectivity index (χ0n) is 13.0. The number of ether oxygens (including phenoxy) is 1. The van der Waals surface area contributed by atoms with Gasteiger partial charge in [-0.1, -0.05) is 48.9 Å². The van der Waals surface area contributed by atoms with E-state index in [9.17, 15) is 4.79 Å². The predicted molar refractivity (Wildman–Crippen MR) is 95.5 cm³/mol. The van der Waals surface area contributed by atoms with Crippen molar-refractivity contribution in [2.24, 2.45) is 0 Å². The molecule has 0 spiro atoms. The van der Waals surface area contributed by atoms with E-state index in [1.54, 1.807) is 6.08 Å². The van der Waals surface area contributed by atoms with Crippen LogP contribution in [0.5, 0.6) is 5.75 Å². The van der Waals surface area contributed by atoms with E-state index < -0.39 is 0 Å². The minimum absolute atomic E-state index is 0.169. The number of benzene rings is 2. The lowest BCUT2D eigenvalue weighted by Crippen LogP contribution is -2.34. The summed E-state index contributed by atoms with van der Waals surface area (Å²) in [6.45, 7) is 4.10. The van der Waals surface area contributed by atoms with Gasteiger partial charge in [-0.2, -0.15) is 0 Å². The van der Waals surface area contributed by atoms with Crippen LogP contribution in [0.2, 0.25) is 0 Å². The standard InChI is InChI=1S/C20H16N2O2/c1-3-13-24-19-12-8-7-9-16(19)14-18-15(2)21-22(20(18)23)17-10-5-4-6-11-17/h1,4-12,14,21H,2,13H2/b18-14-. The highest BCUT2D eigenvalue weighted by atomic mass is 16.5. The SMILES string of the molecule is C#CCOc1ccccc1/C=c1/c(=C)[nH]n(-c2ccccc2)c1=O. The summed E-state index contributed by atoms with van der Waals surface area (Å²) in [4.78, 5) is 12.7. The molecule has 0 aliphatic heterocycles. The van der Waals surface area contributed by atoms with Crippen molar-refractivity contribution in [1.82, 2.24) is 9.78 Å². The number of aromatic amines is 1. The van der Waals surface area contributed by atoms with E-state index in [2.05, 4.69) is 17.6 Å². The Balaban J connectivity index is 2.14. The number of H-pyrrole nitrogens is 1. The molecule has 3 rings (SSSR count). The number of nitrogens with zero attached hydrogens (tertiary/aromatic N) is 1. The minimum atomic E-state index is -0.169. The number of para-hydroxylation sites is 2. The second-order valence-corrected chi connectivity index (χ2v) is 5.16. The molecule has 2 aromatic carbocycles. The maximum atomic E-state index is 12.7. The molecule has 1 aromatic heterocycles. The summed E-state index contributed by atoms with van der Waals surface area (Å²) in [5.41, 5.74) is 1.36. The Morgan fingerprint density at radius 1 is 1.17 bits per heavy atom. The largest absolute Gasteiger partial charge is 0.480 e. The van der Waals surface area contributed by atoms with Gasteiger partial charge >= 0.3 is 0 Å². The van der Waals surface area contributed by atoms with Crippen molar-refractivity contribution in [3.63, 3.8) is 0 Å². The zero-order valence-corrected chi connectivity index (χ0v) is 13.0. The van der Waals surface area contributed by atoms with Gasteiger partial charge in [0.15, 0.2) is 0 Å². The molecule has 1 N–H and O–H groups in total. The molecule has 0 unspecified atom stereocenters. The lowest BCUT2D eigenvalue weighted by molar-refractivity contribution is 0.369. The molecule has 4 heteroatoms. The summed E-state index contributed by atoms with van der Waals surface area (Å²) in [6, 6.07) is 16.8. The molecular weight excluding hydrogens is 300 g/mol. The van der Waals surface area contributed by atoms with Gasteiger partial charge in [0.25, 0.3) is 5.56 Å². The Morgan fingerprint density at radius 2 is 1.88 bits per heavy atom. The van der Waals surface area contributed by atoms with Crippen LogP contribution in [-0.4, -0.2) is 16.4 Å². The molecule has 0 radical (unpaired) electrons. The molecule has 24 heavy (non-hydrogen) atoms. The molecule has 0 aliphatic rings. The molecule has 0 atom stereocenters. The fraction of sp³-hybridized carbons (Fsp3) is 0.0500. The van der Waals surface area contributed by atoms with Crippen LogP contribution < -0.4 is 20.9 Å². The minimum Gasteiger partial charge on any atom is -0.480 e. The van der Waals surface area contributed by atoms with Crippen molar-refractivity contribution < 1.29 is 4.74 Å². The normalized spacial score (nSPS) is 11.2. The van der Waals surface area contributed by atoms with E-state index in [1.807, 2.05) is 54.6 Å². The molecule has 1 heterocycles. The summed E-state index contributed by atoms with van der Waals surface area (Å²) >= 11 is 0. The van der Waals surface area contributed by atoms with Crippen LogP contribution in [0.3, 0.4) is 0 Å². The quantitative estimate of drug-likeness (QED) is 0.740. The Kier molecular flexibility index (Phi) is 4.35. The Hall–Kier alpha value is -3.45. The first kappa shape index (κ1) is 15.4. The second kappa shape index (κ2) is 6.76. The highest BCUT2D eigenvalue weighted by Gasteiger charge is 2.06. The van der Waals surface area contributed by atoms with Gasteiger partial charge in [-0.05, 0) is 24.3 Å². The monoisotopic (exact) mass is 316 g/mol. The Bertz CT molecular complexity index is 1050. The van der Waals surface area contributed by atoms with Crippen molar-refractivity contribution in [2.75, 3.05) is 6.61 Å². The summed E-state index contributed by atoms with van der Waals surface area (Å²) in [5.74, 6) is 3.06. The number of hydrogen-bond donors (Lipinski definition) is 1. The molecule has 4 nitrogen and oxygen atoms in total. The average Bonchev–Trinajstić information content (AvgIpc) is 2.90. The highest BCUT2D eigenvalue weighted by molar-refractivity contribution is 5.57. The van der Waals surface area contributed by atoms with Crippen molar-refractivity contribution in [1.29, 1.82) is 0 Å². The van der Waals surface area contributed by atoms with E-state index in [1.165, 1.54) is 4.68 Å². The number of aromatic nitrogens is 2. The van der Waals surface area contributed by atoms with E-state index >= 15 is 0 Å². The number of rotatable bonds is 4. The van der Waals surface area contributed by atoms with Crippen molar-refractivity contribution in [3.8, 4) is 23.8 Å². The first-order chi connectivity index (χ1) is 11.7. The van der Waals surface area contributed by atoms with E-state index in [4.69, 9.17) is 11.2 Å². The predicted octanol–water partition coefficient (Wildman–Crippen LogP) is 1.42. The zero-order chi connectivity index (χ0) is 16.9. The van der Waals surface area contributed by atoms with Gasteiger partial charge in [-0.25, -0.2) is 4.68 Å². The molecule has 0 aliphatic carbocycles. The van der Waals surface area contributed by atoms with Crippen molar-refractivity contribution in [2.45, 2.75) is 0 Å². The van der Waals surface area contributed by atoms with Gasteiger partial charge in [0.05, 0.1) is 16.3 Å². The van der Waals surface area contributed by atoms with E-state index in [0.29, 0.717) is 16.3 Å². The van der Waals surface area contributed by atoms with Crippen LogP contribution in [0, 0.1) is 12.3 Å². The molecule has 0 saturated carbocycles. The summed E-state index contributed by atoms with van der Waals surface area (Å²) in [6.07, 6.45) is 7.00. The summed E-state index contributed by atoms with van der Waals surface area (Å²) < 4.78 is 6.99. The molecule has 0 saturated heterocycles.